The lowest BCUT2D eigenvalue weighted by Gasteiger charge is -2.26. The van der Waals surface area contributed by atoms with Crippen molar-refractivity contribution >= 4 is 33.2 Å². The lowest BCUT2D eigenvalue weighted by atomic mass is 10.2. The molecule has 2 rings (SSSR count). The van der Waals surface area contributed by atoms with Gasteiger partial charge in [0, 0.05) is 12.6 Å². The normalized spacial score (nSPS) is 12.1. The van der Waals surface area contributed by atoms with Crippen LogP contribution in [-0.4, -0.2) is 18.8 Å². The average molecular weight is 358 g/mol. The van der Waals surface area contributed by atoms with E-state index in [9.17, 15) is 8.42 Å². The van der Waals surface area contributed by atoms with Crippen molar-refractivity contribution < 1.29 is 8.42 Å². The van der Waals surface area contributed by atoms with Crippen molar-refractivity contribution in [3.05, 3.63) is 64.1 Å². The summed E-state index contributed by atoms with van der Waals surface area (Å²) < 4.78 is 27.3. The Bertz CT molecular complexity index is 746. The summed E-state index contributed by atoms with van der Waals surface area (Å²) in [7, 11) is -3.73. The fraction of sp³-hybridized carbons (Fsp3) is 0.250. The van der Waals surface area contributed by atoms with E-state index in [1.54, 1.807) is 12.1 Å². The summed E-state index contributed by atoms with van der Waals surface area (Å²) in [5.74, 6) is 0. The zero-order valence-electron chi connectivity index (χ0n) is 12.3. The monoisotopic (exact) mass is 357 g/mol. The SMILES string of the molecule is CC(C)N(Cc1ccccc1)S(=O)(=O)c1cccc(Cl)c1Cl. The van der Waals surface area contributed by atoms with Crippen LogP contribution >= 0.6 is 23.2 Å². The number of hydrogen-bond donors (Lipinski definition) is 0. The standard InChI is InChI=1S/C16H17Cl2NO2S/c1-12(2)19(11-13-7-4-3-5-8-13)22(20,21)15-10-6-9-14(17)16(15)18/h3-10,12H,11H2,1-2H3. The van der Waals surface area contributed by atoms with Crippen LogP contribution < -0.4 is 0 Å². The molecule has 0 amide bonds. The molecular weight excluding hydrogens is 341 g/mol. The van der Waals surface area contributed by atoms with Crippen LogP contribution in [-0.2, 0) is 16.6 Å². The third-order valence-electron chi connectivity index (χ3n) is 3.26. The van der Waals surface area contributed by atoms with Gasteiger partial charge in [-0.15, -0.1) is 0 Å². The Morgan fingerprint density at radius 1 is 1.00 bits per heavy atom. The maximum atomic E-state index is 12.9. The summed E-state index contributed by atoms with van der Waals surface area (Å²) in [6.45, 7) is 3.95. The van der Waals surface area contributed by atoms with Crippen LogP contribution in [0.1, 0.15) is 19.4 Å². The second-order valence-corrected chi connectivity index (χ2v) is 7.83. The first-order chi connectivity index (χ1) is 10.3. The van der Waals surface area contributed by atoms with Crippen molar-refractivity contribution in [3.8, 4) is 0 Å². The van der Waals surface area contributed by atoms with Crippen LogP contribution in [0.15, 0.2) is 53.4 Å². The summed E-state index contributed by atoms with van der Waals surface area (Å²) in [4.78, 5) is 0.0336. The Morgan fingerprint density at radius 2 is 1.64 bits per heavy atom. The van der Waals surface area contributed by atoms with Crippen molar-refractivity contribution in [2.45, 2.75) is 31.3 Å². The minimum Gasteiger partial charge on any atom is -0.207 e. The lowest BCUT2D eigenvalue weighted by Crippen LogP contribution is -2.36. The molecule has 3 nitrogen and oxygen atoms in total. The number of hydrogen-bond acceptors (Lipinski definition) is 2. The van der Waals surface area contributed by atoms with Gasteiger partial charge in [-0.1, -0.05) is 59.6 Å². The van der Waals surface area contributed by atoms with E-state index in [1.165, 1.54) is 10.4 Å². The first-order valence-corrected chi connectivity index (χ1v) is 9.03. The Kier molecular flexibility index (Phi) is 5.50. The van der Waals surface area contributed by atoms with Crippen molar-refractivity contribution in [1.29, 1.82) is 0 Å². The molecule has 0 unspecified atom stereocenters. The van der Waals surface area contributed by atoms with Gasteiger partial charge in [0.2, 0.25) is 10.0 Å². The molecule has 0 saturated carbocycles. The highest BCUT2D eigenvalue weighted by molar-refractivity contribution is 7.89. The molecule has 0 aliphatic rings. The number of benzene rings is 2. The van der Waals surface area contributed by atoms with Gasteiger partial charge in [-0.05, 0) is 31.5 Å². The molecule has 0 N–H and O–H groups in total. The van der Waals surface area contributed by atoms with Crippen molar-refractivity contribution in [3.63, 3.8) is 0 Å². The van der Waals surface area contributed by atoms with E-state index >= 15 is 0 Å². The molecule has 0 aliphatic carbocycles. The van der Waals surface area contributed by atoms with Gasteiger partial charge in [-0.2, -0.15) is 4.31 Å². The van der Waals surface area contributed by atoms with Crippen LogP contribution in [0.3, 0.4) is 0 Å². The summed E-state index contributed by atoms with van der Waals surface area (Å²) in [5, 5.41) is 0.286. The summed E-state index contributed by atoms with van der Waals surface area (Å²) in [6, 6.07) is 13.9. The molecule has 0 saturated heterocycles. The number of nitrogens with zero attached hydrogens (tertiary/aromatic N) is 1. The molecular formula is C16H17Cl2NO2S. The highest BCUT2D eigenvalue weighted by Gasteiger charge is 2.29. The van der Waals surface area contributed by atoms with Crippen molar-refractivity contribution in [2.24, 2.45) is 0 Å². The highest BCUT2D eigenvalue weighted by Crippen LogP contribution is 2.32. The summed E-state index contributed by atoms with van der Waals surface area (Å²) >= 11 is 12.0. The molecule has 118 valence electrons. The number of halogens is 2. The summed E-state index contributed by atoms with van der Waals surface area (Å²) in [6.07, 6.45) is 0. The molecule has 0 radical (unpaired) electrons. The molecule has 2 aromatic rings. The van der Waals surface area contributed by atoms with Gasteiger partial charge in [0.1, 0.15) is 4.90 Å². The van der Waals surface area contributed by atoms with Gasteiger partial charge in [0.25, 0.3) is 0 Å². The van der Waals surface area contributed by atoms with E-state index < -0.39 is 10.0 Å². The van der Waals surface area contributed by atoms with Crippen molar-refractivity contribution in [1.82, 2.24) is 4.31 Å². The van der Waals surface area contributed by atoms with Gasteiger partial charge < -0.3 is 0 Å². The van der Waals surface area contributed by atoms with Crippen LogP contribution in [0.2, 0.25) is 10.0 Å². The lowest BCUT2D eigenvalue weighted by molar-refractivity contribution is 0.348. The quantitative estimate of drug-likeness (QED) is 0.784. The van der Waals surface area contributed by atoms with E-state index in [1.807, 2.05) is 44.2 Å². The van der Waals surface area contributed by atoms with Gasteiger partial charge in [-0.25, -0.2) is 8.42 Å². The van der Waals surface area contributed by atoms with Gasteiger partial charge in [0.15, 0.2) is 0 Å². The molecule has 0 spiro atoms. The Labute approximate surface area is 141 Å². The average Bonchev–Trinajstić information content (AvgIpc) is 2.48. The maximum Gasteiger partial charge on any atom is 0.245 e. The maximum absolute atomic E-state index is 12.9. The molecule has 0 bridgehead atoms. The first kappa shape index (κ1) is 17.3. The largest absolute Gasteiger partial charge is 0.245 e. The minimum absolute atomic E-state index is 0.0336. The summed E-state index contributed by atoms with van der Waals surface area (Å²) in [5.41, 5.74) is 0.915. The molecule has 0 aromatic heterocycles. The van der Waals surface area contributed by atoms with Crippen LogP contribution in [0.4, 0.5) is 0 Å². The van der Waals surface area contributed by atoms with Crippen molar-refractivity contribution in [2.75, 3.05) is 0 Å². The molecule has 0 atom stereocenters. The molecule has 0 heterocycles. The molecule has 6 heteroatoms. The third-order valence-corrected chi connectivity index (χ3v) is 6.26. The van der Waals surface area contributed by atoms with E-state index in [0.29, 0.717) is 0 Å². The van der Waals surface area contributed by atoms with Crippen LogP contribution in [0.5, 0.6) is 0 Å². The van der Waals surface area contributed by atoms with Crippen LogP contribution in [0.25, 0.3) is 0 Å². The second kappa shape index (κ2) is 7.01. The van der Waals surface area contributed by atoms with Crippen LogP contribution in [0, 0.1) is 0 Å². The van der Waals surface area contributed by atoms with E-state index in [2.05, 4.69) is 0 Å². The third kappa shape index (κ3) is 3.63. The molecule has 22 heavy (non-hydrogen) atoms. The fourth-order valence-electron chi connectivity index (χ4n) is 2.12. The molecule has 0 aliphatic heterocycles. The van der Waals surface area contributed by atoms with Gasteiger partial charge >= 0.3 is 0 Å². The number of sulfonamides is 1. The Morgan fingerprint density at radius 3 is 2.23 bits per heavy atom. The zero-order chi connectivity index (χ0) is 16.3. The fourth-order valence-corrected chi connectivity index (χ4v) is 4.48. The molecule has 2 aromatic carbocycles. The van der Waals surface area contributed by atoms with E-state index in [4.69, 9.17) is 23.2 Å². The predicted octanol–water partition coefficient (Wildman–Crippen LogP) is 4.59. The smallest absolute Gasteiger partial charge is 0.207 e. The zero-order valence-corrected chi connectivity index (χ0v) is 14.7. The molecule has 0 fully saturated rings. The Balaban J connectivity index is 2.45. The first-order valence-electron chi connectivity index (χ1n) is 6.84. The predicted molar refractivity (Wildman–Crippen MR) is 90.8 cm³/mol. The topological polar surface area (TPSA) is 37.4 Å². The van der Waals surface area contributed by atoms with E-state index in [-0.39, 0.29) is 27.5 Å². The second-order valence-electron chi connectivity index (χ2n) is 5.18. The van der Waals surface area contributed by atoms with E-state index in [0.717, 1.165) is 5.56 Å². The highest BCUT2D eigenvalue weighted by atomic mass is 35.5. The minimum atomic E-state index is -3.73. The van der Waals surface area contributed by atoms with Gasteiger partial charge in [-0.3, -0.25) is 0 Å². The number of rotatable bonds is 5. The Hall–Kier alpha value is -1.07. The van der Waals surface area contributed by atoms with Gasteiger partial charge in [0.05, 0.1) is 10.0 Å².